The monoisotopic (exact) mass is 274 g/mol. The van der Waals surface area contributed by atoms with Gasteiger partial charge in [-0.25, -0.2) is 9.59 Å². The average molecular weight is 274 g/mol. The van der Waals surface area contributed by atoms with Crippen LogP contribution >= 0.6 is 0 Å². The lowest BCUT2D eigenvalue weighted by Gasteiger charge is -2.09. The summed E-state index contributed by atoms with van der Waals surface area (Å²) in [5, 5.41) is 22.3. The number of amides is 2. The molecule has 6 nitrogen and oxygen atoms in total. The van der Waals surface area contributed by atoms with E-state index in [0.29, 0.717) is 6.54 Å². The van der Waals surface area contributed by atoms with Crippen LogP contribution in [0.5, 0.6) is 0 Å². The number of carbonyl (C=O) groups excluding carboxylic acids is 1. The molecular formula is C13H26N2O4. The van der Waals surface area contributed by atoms with Gasteiger partial charge in [0.1, 0.15) is 0 Å². The summed E-state index contributed by atoms with van der Waals surface area (Å²) in [7, 11) is 0. The highest BCUT2D eigenvalue weighted by atomic mass is 16.4. The van der Waals surface area contributed by atoms with Gasteiger partial charge < -0.3 is 20.8 Å². The van der Waals surface area contributed by atoms with Crippen molar-refractivity contribution in [1.82, 2.24) is 10.6 Å². The minimum atomic E-state index is -1.55. The van der Waals surface area contributed by atoms with Gasteiger partial charge in [0.2, 0.25) is 0 Å². The van der Waals surface area contributed by atoms with Gasteiger partial charge in [-0.3, -0.25) is 0 Å². The highest BCUT2D eigenvalue weighted by Gasteiger charge is 2.13. The van der Waals surface area contributed by atoms with Crippen molar-refractivity contribution in [3.8, 4) is 0 Å². The Kier molecular flexibility index (Phi) is 9.88. The minimum Gasteiger partial charge on any atom is -0.479 e. The zero-order valence-corrected chi connectivity index (χ0v) is 11.8. The van der Waals surface area contributed by atoms with Crippen LogP contribution in [0.4, 0.5) is 4.79 Å². The van der Waals surface area contributed by atoms with Crippen LogP contribution in [0.15, 0.2) is 0 Å². The molecule has 0 saturated carbocycles. The molecule has 6 heteroatoms. The molecule has 1 unspecified atom stereocenters. The Morgan fingerprint density at radius 2 is 1.68 bits per heavy atom. The van der Waals surface area contributed by atoms with Crippen molar-refractivity contribution in [3.63, 3.8) is 0 Å². The predicted molar refractivity (Wildman–Crippen MR) is 73.0 cm³/mol. The Morgan fingerprint density at radius 3 is 2.26 bits per heavy atom. The van der Waals surface area contributed by atoms with Gasteiger partial charge in [-0.15, -0.1) is 0 Å². The molecule has 4 N–H and O–H groups in total. The fourth-order valence-corrected chi connectivity index (χ4v) is 1.57. The lowest BCUT2D eigenvalue weighted by molar-refractivity contribution is -0.146. The van der Waals surface area contributed by atoms with Crippen LogP contribution < -0.4 is 10.6 Å². The number of rotatable bonds is 10. The molecule has 0 aliphatic heterocycles. The molecule has 19 heavy (non-hydrogen) atoms. The highest BCUT2D eigenvalue weighted by molar-refractivity contribution is 5.76. The number of hydrogen-bond acceptors (Lipinski definition) is 3. The molecule has 0 aromatic heterocycles. The van der Waals surface area contributed by atoms with Crippen molar-refractivity contribution < 1.29 is 19.8 Å². The zero-order valence-electron chi connectivity index (χ0n) is 11.8. The fraction of sp³-hybridized carbons (Fsp3) is 0.846. The average Bonchev–Trinajstić information content (AvgIpc) is 2.34. The standard InChI is InChI=1S/C13H26N2O4/c1-10(2)7-5-3-4-6-8-14-13(19)15-9-11(16)12(17)18/h10-11,16H,3-9H2,1-2H3,(H,17,18)(H2,14,15,19). The number of urea groups is 1. The maximum absolute atomic E-state index is 11.2. The van der Waals surface area contributed by atoms with Crippen LogP contribution in [0.2, 0.25) is 0 Å². The topological polar surface area (TPSA) is 98.7 Å². The van der Waals surface area contributed by atoms with E-state index in [1.54, 1.807) is 0 Å². The SMILES string of the molecule is CC(C)CCCCCCNC(=O)NCC(O)C(=O)O. The third-order valence-electron chi connectivity index (χ3n) is 2.73. The quantitative estimate of drug-likeness (QED) is 0.452. The molecule has 2 amide bonds. The number of aliphatic hydroxyl groups excluding tert-OH is 1. The smallest absolute Gasteiger partial charge is 0.334 e. The van der Waals surface area contributed by atoms with Gasteiger partial charge in [-0.1, -0.05) is 39.5 Å². The maximum atomic E-state index is 11.2. The van der Waals surface area contributed by atoms with Crippen molar-refractivity contribution >= 4 is 12.0 Å². The number of aliphatic carboxylic acids is 1. The molecule has 0 rings (SSSR count). The van der Waals surface area contributed by atoms with E-state index in [1.807, 2.05) is 0 Å². The van der Waals surface area contributed by atoms with Gasteiger partial charge >= 0.3 is 12.0 Å². The summed E-state index contributed by atoms with van der Waals surface area (Å²) in [5.74, 6) is -0.602. The molecule has 0 fully saturated rings. The molecule has 0 aliphatic carbocycles. The molecule has 112 valence electrons. The van der Waals surface area contributed by atoms with Crippen LogP contribution in [0.3, 0.4) is 0 Å². The summed E-state index contributed by atoms with van der Waals surface area (Å²) in [6.45, 7) is 4.70. The fourth-order valence-electron chi connectivity index (χ4n) is 1.57. The summed E-state index contributed by atoms with van der Waals surface area (Å²) in [6.07, 6.45) is 4.05. The van der Waals surface area contributed by atoms with E-state index in [9.17, 15) is 9.59 Å². The number of unbranched alkanes of at least 4 members (excludes halogenated alkanes) is 3. The Bertz CT molecular complexity index is 269. The molecule has 0 heterocycles. The molecular weight excluding hydrogens is 248 g/mol. The van der Waals surface area contributed by atoms with Crippen molar-refractivity contribution in [3.05, 3.63) is 0 Å². The third kappa shape index (κ3) is 11.5. The summed E-state index contributed by atoms with van der Waals surface area (Å²) in [4.78, 5) is 21.5. The van der Waals surface area contributed by atoms with Crippen molar-refractivity contribution in [1.29, 1.82) is 0 Å². The Hall–Kier alpha value is -1.30. The van der Waals surface area contributed by atoms with E-state index in [2.05, 4.69) is 24.5 Å². The van der Waals surface area contributed by atoms with Gasteiger partial charge in [0.05, 0.1) is 6.54 Å². The number of carboxylic acid groups (broad SMARTS) is 1. The first kappa shape index (κ1) is 17.7. The van der Waals surface area contributed by atoms with Gasteiger partial charge in [-0.2, -0.15) is 0 Å². The first-order valence-corrected chi connectivity index (χ1v) is 6.86. The Morgan fingerprint density at radius 1 is 1.05 bits per heavy atom. The van der Waals surface area contributed by atoms with Gasteiger partial charge in [0.15, 0.2) is 6.10 Å². The second kappa shape index (κ2) is 10.6. The Balaban J connectivity index is 3.36. The van der Waals surface area contributed by atoms with E-state index in [1.165, 1.54) is 19.3 Å². The van der Waals surface area contributed by atoms with E-state index in [4.69, 9.17) is 10.2 Å². The summed E-state index contributed by atoms with van der Waals surface area (Å²) in [5.41, 5.74) is 0. The lowest BCUT2D eigenvalue weighted by atomic mass is 10.0. The maximum Gasteiger partial charge on any atom is 0.334 e. The zero-order chi connectivity index (χ0) is 14.7. The third-order valence-corrected chi connectivity index (χ3v) is 2.73. The normalized spacial score (nSPS) is 12.2. The van der Waals surface area contributed by atoms with Crippen LogP contribution in [0, 0.1) is 5.92 Å². The number of nitrogens with one attached hydrogen (secondary N) is 2. The number of carbonyl (C=O) groups is 2. The first-order valence-electron chi connectivity index (χ1n) is 6.86. The minimum absolute atomic E-state index is 0.282. The summed E-state index contributed by atoms with van der Waals surface area (Å²) >= 11 is 0. The van der Waals surface area contributed by atoms with Crippen LogP contribution in [0.1, 0.15) is 46.0 Å². The van der Waals surface area contributed by atoms with Crippen molar-refractivity contribution in [2.45, 2.75) is 52.1 Å². The van der Waals surface area contributed by atoms with Gasteiger partial charge in [0.25, 0.3) is 0 Å². The summed E-state index contributed by atoms with van der Waals surface area (Å²) in [6, 6.07) is -0.442. The van der Waals surface area contributed by atoms with E-state index in [0.717, 1.165) is 18.8 Å². The number of carboxylic acids is 1. The molecule has 1 atom stereocenters. The molecule has 0 radical (unpaired) electrons. The van der Waals surface area contributed by atoms with Gasteiger partial charge in [-0.05, 0) is 12.3 Å². The second-order valence-corrected chi connectivity index (χ2v) is 5.09. The predicted octanol–water partition coefficient (Wildman–Crippen LogP) is 1.34. The highest BCUT2D eigenvalue weighted by Crippen LogP contribution is 2.08. The number of hydrogen-bond donors (Lipinski definition) is 4. The Labute approximate surface area is 114 Å². The lowest BCUT2D eigenvalue weighted by Crippen LogP contribution is -2.42. The summed E-state index contributed by atoms with van der Waals surface area (Å²) < 4.78 is 0. The molecule has 0 bridgehead atoms. The van der Waals surface area contributed by atoms with Gasteiger partial charge in [0, 0.05) is 6.54 Å². The van der Waals surface area contributed by atoms with E-state index >= 15 is 0 Å². The molecule has 0 spiro atoms. The van der Waals surface area contributed by atoms with Crippen molar-refractivity contribution in [2.24, 2.45) is 5.92 Å². The van der Waals surface area contributed by atoms with Crippen LogP contribution in [0.25, 0.3) is 0 Å². The van der Waals surface area contributed by atoms with Crippen LogP contribution in [-0.4, -0.2) is 41.4 Å². The molecule has 0 aliphatic rings. The van der Waals surface area contributed by atoms with E-state index < -0.39 is 18.1 Å². The molecule has 0 aromatic rings. The largest absolute Gasteiger partial charge is 0.479 e. The second-order valence-electron chi connectivity index (χ2n) is 5.09. The number of aliphatic hydroxyl groups is 1. The first-order chi connectivity index (χ1) is 8.93. The van der Waals surface area contributed by atoms with Crippen LogP contribution in [-0.2, 0) is 4.79 Å². The molecule has 0 aromatic carbocycles. The van der Waals surface area contributed by atoms with E-state index in [-0.39, 0.29) is 6.54 Å². The van der Waals surface area contributed by atoms with Crippen molar-refractivity contribution in [2.75, 3.05) is 13.1 Å². The molecule has 0 saturated heterocycles.